The van der Waals surface area contributed by atoms with Gasteiger partial charge in [-0.2, -0.15) is 0 Å². The van der Waals surface area contributed by atoms with E-state index in [4.69, 9.17) is 0 Å². The number of nitrogens with one attached hydrogen (secondary N) is 1. The van der Waals surface area contributed by atoms with Crippen LogP contribution < -0.4 is 5.32 Å². The van der Waals surface area contributed by atoms with Gasteiger partial charge >= 0.3 is 5.97 Å². The Morgan fingerprint density at radius 2 is 1.83 bits per heavy atom. The zero-order chi connectivity index (χ0) is 16.8. The summed E-state index contributed by atoms with van der Waals surface area (Å²) in [5, 5.41) is 12.1. The zero-order valence-corrected chi connectivity index (χ0v) is 12.9. The Labute approximate surface area is 133 Å². The average molecular weight is 325 g/mol. The van der Waals surface area contributed by atoms with Crippen molar-refractivity contribution in [1.29, 1.82) is 0 Å². The smallest absolute Gasteiger partial charge is 0.308 e. The molecule has 0 saturated heterocycles. The van der Waals surface area contributed by atoms with Crippen molar-refractivity contribution in [2.24, 2.45) is 5.92 Å². The van der Waals surface area contributed by atoms with Crippen LogP contribution in [0.5, 0.6) is 0 Å². The lowest BCUT2D eigenvalue weighted by Crippen LogP contribution is -2.44. The molecule has 1 amide bonds. The fourth-order valence-electron chi connectivity index (χ4n) is 3.05. The number of carboxylic acid groups (broad SMARTS) is 1. The summed E-state index contributed by atoms with van der Waals surface area (Å²) < 4.78 is 26.5. The Kier molecular flexibility index (Phi) is 6.07. The first kappa shape index (κ1) is 17.4. The molecular weight excluding hydrogens is 304 g/mol. The predicted molar refractivity (Wildman–Crippen MR) is 80.8 cm³/mol. The minimum atomic E-state index is -0.912. The molecule has 1 aromatic rings. The molecule has 0 aromatic heterocycles. The number of amides is 1. The zero-order valence-electron chi connectivity index (χ0n) is 12.9. The van der Waals surface area contributed by atoms with Gasteiger partial charge in [-0.3, -0.25) is 9.59 Å². The van der Waals surface area contributed by atoms with Gasteiger partial charge in [0.2, 0.25) is 5.91 Å². The molecule has 0 heterocycles. The molecular formula is C17H21F2NO3. The Morgan fingerprint density at radius 1 is 1.13 bits per heavy atom. The molecule has 2 unspecified atom stereocenters. The van der Waals surface area contributed by atoms with Crippen LogP contribution in [0, 0.1) is 17.6 Å². The maximum absolute atomic E-state index is 13.6. The van der Waals surface area contributed by atoms with Crippen molar-refractivity contribution < 1.29 is 23.5 Å². The Bertz CT molecular complexity index is 577. The molecule has 2 atom stereocenters. The largest absolute Gasteiger partial charge is 0.481 e. The van der Waals surface area contributed by atoms with Gasteiger partial charge in [0.15, 0.2) is 0 Å². The van der Waals surface area contributed by atoms with Gasteiger partial charge in [0.25, 0.3) is 0 Å². The summed E-state index contributed by atoms with van der Waals surface area (Å²) in [5.74, 6) is -3.43. The standard InChI is InChI=1S/C17H21F2NO3/c18-12-8-7-11(14(19)10-12)9-16(21)20-15-6-4-2-1-3-5-13(15)17(22)23/h7-8,10,13,15H,1-6,9H2,(H,20,21)(H,22,23). The first-order valence-corrected chi connectivity index (χ1v) is 7.93. The molecule has 1 saturated carbocycles. The lowest BCUT2D eigenvalue weighted by Gasteiger charge is -2.27. The number of aliphatic carboxylic acids is 1. The fourth-order valence-corrected chi connectivity index (χ4v) is 3.05. The van der Waals surface area contributed by atoms with E-state index in [1.807, 2.05) is 0 Å². The van der Waals surface area contributed by atoms with E-state index >= 15 is 0 Å². The van der Waals surface area contributed by atoms with Gasteiger partial charge in [-0.1, -0.05) is 31.7 Å². The summed E-state index contributed by atoms with van der Waals surface area (Å²) in [4.78, 5) is 23.5. The van der Waals surface area contributed by atoms with Crippen LogP contribution in [0.2, 0.25) is 0 Å². The van der Waals surface area contributed by atoms with Gasteiger partial charge in [0.1, 0.15) is 11.6 Å². The van der Waals surface area contributed by atoms with Crippen molar-refractivity contribution in [2.45, 2.75) is 51.0 Å². The van der Waals surface area contributed by atoms with Crippen LogP contribution in [0.15, 0.2) is 18.2 Å². The second-order valence-corrected chi connectivity index (χ2v) is 6.02. The molecule has 0 aliphatic heterocycles. The van der Waals surface area contributed by atoms with E-state index in [2.05, 4.69) is 5.32 Å². The van der Waals surface area contributed by atoms with Crippen molar-refractivity contribution in [3.8, 4) is 0 Å². The monoisotopic (exact) mass is 325 g/mol. The molecule has 1 aromatic carbocycles. The number of halogens is 2. The third-order valence-electron chi connectivity index (χ3n) is 4.30. The Balaban J connectivity index is 2.02. The van der Waals surface area contributed by atoms with Crippen LogP contribution in [0.3, 0.4) is 0 Å². The predicted octanol–water partition coefficient (Wildman–Crippen LogP) is 3.05. The summed E-state index contributed by atoms with van der Waals surface area (Å²) >= 11 is 0. The highest BCUT2D eigenvalue weighted by Gasteiger charge is 2.29. The van der Waals surface area contributed by atoms with Crippen LogP contribution in [-0.2, 0) is 16.0 Å². The number of carbonyl (C=O) groups is 2. The van der Waals surface area contributed by atoms with Crippen LogP contribution in [0.4, 0.5) is 8.78 Å². The van der Waals surface area contributed by atoms with E-state index in [0.29, 0.717) is 12.8 Å². The van der Waals surface area contributed by atoms with Crippen molar-refractivity contribution in [3.63, 3.8) is 0 Å². The van der Waals surface area contributed by atoms with Crippen LogP contribution in [0.25, 0.3) is 0 Å². The average Bonchev–Trinajstić information content (AvgIpc) is 2.44. The molecule has 126 valence electrons. The third-order valence-corrected chi connectivity index (χ3v) is 4.30. The van der Waals surface area contributed by atoms with Gasteiger partial charge in [0, 0.05) is 12.1 Å². The van der Waals surface area contributed by atoms with Crippen molar-refractivity contribution in [2.75, 3.05) is 0 Å². The summed E-state index contributed by atoms with van der Waals surface area (Å²) in [5.41, 5.74) is 0.0987. The summed E-state index contributed by atoms with van der Waals surface area (Å²) in [7, 11) is 0. The highest BCUT2D eigenvalue weighted by molar-refractivity contribution is 5.80. The highest BCUT2D eigenvalue weighted by Crippen LogP contribution is 2.23. The highest BCUT2D eigenvalue weighted by atomic mass is 19.1. The van der Waals surface area contributed by atoms with Gasteiger partial charge in [-0.25, -0.2) is 8.78 Å². The molecule has 1 fully saturated rings. The van der Waals surface area contributed by atoms with Gasteiger partial charge in [-0.05, 0) is 24.5 Å². The molecule has 6 heteroatoms. The quantitative estimate of drug-likeness (QED) is 0.894. The van der Waals surface area contributed by atoms with E-state index in [1.54, 1.807) is 0 Å². The minimum Gasteiger partial charge on any atom is -0.481 e. The molecule has 0 spiro atoms. The van der Waals surface area contributed by atoms with E-state index in [0.717, 1.165) is 37.8 Å². The topological polar surface area (TPSA) is 66.4 Å². The van der Waals surface area contributed by atoms with Gasteiger partial charge in [-0.15, -0.1) is 0 Å². The maximum atomic E-state index is 13.6. The second kappa shape index (κ2) is 8.04. The number of benzene rings is 1. The fraction of sp³-hybridized carbons (Fsp3) is 0.529. The van der Waals surface area contributed by atoms with E-state index in [-0.39, 0.29) is 12.0 Å². The Morgan fingerprint density at radius 3 is 2.48 bits per heavy atom. The minimum absolute atomic E-state index is 0.0987. The molecule has 1 aliphatic carbocycles. The molecule has 4 nitrogen and oxygen atoms in total. The van der Waals surface area contributed by atoms with Gasteiger partial charge < -0.3 is 10.4 Å². The molecule has 23 heavy (non-hydrogen) atoms. The number of hydrogen-bond donors (Lipinski definition) is 2. The SMILES string of the molecule is O=C(Cc1ccc(F)cc1F)NC1CCCCCCC1C(=O)O. The number of rotatable bonds is 4. The first-order chi connectivity index (χ1) is 11.0. The lowest BCUT2D eigenvalue weighted by atomic mass is 9.86. The summed E-state index contributed by atoms with van der Waals surface area (Å²) in [6.45, 7) is 0. The summed E-state index contributed by atoms with van der Waals surface area (Å²) in [6.07, 6.45) is 4.63. The number of carbonyl (C=O) groups excluding carboxylic acids is 1. The van der Waals surface area contributed by atoms with Crippen LogP contribution in [0.1, 0.15) is 44.1 Å². The molecule has 2 rings (SSSR count). The van der Waals surface area contributed by atoms with Crippen LogP contribution >= 0.6 is 0 Å². The molecule has 0 bridgehead atoms. The maximum Gasteiger partial charge on any atom is 0.308 e. The molecule has 2 N–H and O–H groups in total. The normalized spacial score (nSPS) is 22.0. The number of carboxylic acids is 1. The Hall–Kier alpha value is -1.98. The molecule has 0 radical (unpaired) electrons. The van der Waals surface area contributed by atoms with Crippen molar-refractivity contribution in [3.05, 3.63) is 35.4 Å². The summed E-state index contributed by atoms with van der Waals surface area (Å²) in [6, 6.07) is 2.63. The van der Waals surface area contributed by atoms with E-state index in [1.165, 1.54) is 6.07 Å². The van der Waals surface area contributed by atoms with Crippen LogP contribution in [-0.4, -0.2) is 23.0 Å². The van der Waals surface area contributed by atoms with E-state index < -0.39 is 35.5 Å². The van der Waals surface area contributed by atoms with Crippen molar-refractivity contribution >= 4 is 11.9 Å². The second-order valence-electron chi connectivity index (χ2n) is 6.02. The lowest BCUT2D eigenvalue weighted by molar-refractivity contribution is -0.143. The first-order valence-electron chi connectivity index (χ1n) is 7.93. The molecule has 1 aliphatic rings. The van der Waals surface area contributed by atoms with E-state index in [9.17, 15) is 23.5 Å². The third kappa shape index (κ3) is 5.01. The van der Waals surface area contributed by atoms with Gasteiger partial charge in [0.05, 0.1) is 12.3 Å². The van der Waals surface area contributed by atoms with Crippen molar-refractivity contribution in [1.82, 2.24) is 5.32 Å². The number of hydrogen-bond acceptors (Lipinski definition) is 2.